The number of hydrazine groups is 1. The molecular formula is C14H16N4O4S. The summed E-state index contributed by atoms with van der Waals surface area (Å²) in [7, 11) is 0. The van der Waals surface area contributed by atoms with Gasteiger partial charge in [-0.15, -0.1) is 12.6 Å². The number of rotatable bonds is 5. The van der Waals surface area contributed by atoms with Gasteiger partial charge >= 0.3 is 0 Å². The Balaban J connectivity index is 2.09. The lowest BCUT2D eigenvalue weighted by Crippen LogP contribution is -2.53. The van der Waals surface area contributed by atoms with Crippen molar-refractivity contribution in [1.82, 2.24) is 15.3 Å². The largest absolute Gasteiger partial charge is 0.336 e. The molecule has 1 aromatic carbocycles. The van der Waals surface area contributed by atoms with Crippen molar-refractivity contribution in [1.29, 1.82) is 0 Å². The summed E-state index contributed by atoms with van der Waals surface area (Å²) in [6, 6.07) is 4.35. The molecule has 8 nitrogen and oxygen atoms in total. The van der Waals surface area contributed by atoms with Gasteiger partial charge in [-0.25, -0.2) is 5.01 Å². The van der Waals surface area contributed by atoms with Gasteiger partial charge in [0, 0.05) is 37.8 Å². The smallest absolute Gasteiger partial charge is 0.283 e. The third kappa shape index (κ3) is 3.88. The summed E-state index contributed by atoms with van der Waals surface area (Å²) in [5, 5.41) is 12.7. The van der Waals surface area contributed by atoms with Crippen LogP contribution in [0.25, 0.3) is 5.57 Å². The van der Waals surface area contributed by atoms with E-state index in [1.807, 2.05) is 0 Å². The first-order valence-electron chi connectivity index (χ1n) is 6.84. The molecule has 1 aliphatic rings. The van der Waals surface area contributed by atoms with Gasteiger partial charge in [0.2, 0.25) is 6.41 Å². The van der Waals surface area contributed by atoms with E-state index in [4.69, 9.17) is 0 Å². The van der Waals surface area contributed by atoms with Gasteiger partial charge in [-0.05, 0) is 11.6 Å². The molecular weight excluding hydrogens is 320 g/mol. The quantitative estimate of drug-likeness (QED) is 0.271. The van der Waals surface area contributed by atoms with Crippen LogP contribution in [-0.4, -0.2) is 53.3 Å². The van der Waals surface area contributed by atoms with Gasteiger partial charge in [-0.1, -0.05) is 12.6 Å². The molecule has 0 saturated carbocycles. The molecule has 0 bridgehead atoms. The number of thiol groups is 1. The minimum Gasteiger partial charge on any atom is -0.336 e. The van der Waals surface area contributed by atoms with Crippen molar-refractivity contribution in [2.24, 2.45) is 0 Å². The second kappa shape index (κ2) is 7.25. The highest BCUT2D eigenvalue weighted by Crippen LogP contribution is 2.27. The number of amides is 2. The van der Waals surface area contributed by atoms with E-state index in [0.717, 1.165) is 0 Å². The first-order valence-corrected chi connectivity index (χ1v) is 7.29. The third-order valence-electron chi connectivity index (χ3n) is 3.58. The second-order valence-corrected chi connectivity index (χ2v) is 5.45. The zero-order chi connectivity index (χ0) is 17.0. The maximum atomic E-state index is 12.5. The maximum Gasteiger partial charge on any atom is 0.283 e. The predicted octanol–water partition coefficient (Wildman–Crippen LogP) is 0.702. The fourth-order valence-electron chi connectivity index (χ4n) is 2.28. The van der Waals surface area contributed by atoms with Gasteiger partial charge in [0.25, 0.3) is 11.6 Å². The van der Waals surface area contributed by atoms with E-state index < -0.39 is 4.92 Å². The summed E-state index contributed by atoms with van der Waals surface area (Å²) in [6.07, 6.45) is 0.592. The lowest BCUT2D eigenvalue weighted by Gasteiger charge is -2.34. The van der Waals surface area contributed by atoms with E-state index in [1.54, 1.807) is 16.0 Å². The van der Waals surface area contributed by atoms with Crippen molar-refractivity contribution in [2.75, 3.05) is 26.2 Å². The Kier molecular flexibility index (Phi) is 5.35. The number of piperazine rings is 1. The molecule has 0 atom stereocenters. The Labute approximate surface area is 138 Å². The fourth-order valence-corrected chi connectivity index (χ4v) is 2.51. The molecule has 1 saturated heterocycles. The van der Waals surface area contributed by atoms with Crippen LogP contribution in [0.2, 0.25) is 0 Å². The summed E-state index contributed by atoms with van der Waals surface area (Å²) in [5.41, 5.74) is 2.96. The molecule has 1 aromatic rings. The molecule has 0 radical (unpaired) electrons. The fraction of sp³-hybridized carbons (Fsp3) is 0.286. The van der Waals surface area contributed by atoms with Gasteiger partial charge in [-0.2, -0.15) is 0 Å². The predicted molar refractivity (Wildman–Crippen MR) is 86.7 cm³/mol. The van der Waals surface area contributed by atoms with Crippen molar-refractivity contribution in [3.8, 4) is 0 Å². The number of carbonyl (C=O) groups is 2. The van der Waals surface area contributed by atoms with Crippen LogP contribution in [0.4, 0.5) is 5.69 Å². The maximum absolute atomic E-state index is 12.5. The molecule has 0 aromatic heterocycles. The van der Waals surface area contributed by atoms with Crippen LogP contribution in [0.15, 0.2) is 29.7 Å². The summed E-state index contributed by atoms with van der Waals surface area (Å²) in [5.74, 6) is -0.281. The van der Waals surface area contributed by atoms with Crippen LogP contribution >= 0.6 is 12.6 Å². The summed E-state index contributed by atoms with van der Waals surface area (Å²) in [6.45, 7) is 5.65. The Hall–Kier alpha value is -2.39. The molecule has 1 N–H and O–H groups in total. The summed E-state index contributed by atoms with van der Waals surface area (Å²) in [4.78, 5) is 35.1. The van der Waals surface area contributed by atoms with Crippen molar-refractivity contribution >= 4 is 36.2 Å². The monoisotopic (exact) mass is 336 g/mol. The Morgan fingerprint density at radius 1 is 1.35 bits per heavy atom. The van der Waals surface area contributed by atoms with E-state index in [1.165, 1.54) is 12.1 Å². The zero-order valence-electron chi connectivity index (χ0n) is 12.3. The number of nitrogens with zero attached hydrogens (tertiary/aromatic N) is 3. The highest BCUT2D eigenvalue weighted by Gasteiger charge is 2.24. The van der Waals surface area contributed by atoms with Gasteiger partial charge in [0.05, 0.1) is 9.82 Å². The lowest BCUT2D eigenvalue weighted by molar-refractivity contribution is -0.387. The molecule has 0 aliphatic carbocycles. The Morgan fingerprint density at radius 2 is 2.00 bits per heavy atom. The number of hydrogen-bond donors (Lipinski definition) is 2. The Morgan fingerprint density at radius 3 is 2.57 bits per heavy atom. The van der Waals surface area contributed by atoms with Crippen LogP contribution in [0, 0.1) is 10.1 Å². The third-order valence-corrected chi connectivity index (χ3v) is 3.96. The average molecular weight is 336 g/mol. The lowest BCUT2D eigenvalue weighted by atomic mass is 10.1. The molecule has 0 unspecified atom stereocenters. The van der Waals surface area contributed by atoms with E-state index in [0.29, 0.717) is 38.2 Å². The number of nitrogens with one attached hydrogen (secondary N) is 1. The van der Waals surface area contributed by atoms with Gasteiger partial charge < -0.3 is 4.90 Å². The number of benzene rings is 1. The van der Waals surface area contributed by atoms with Gasteiger partial charge in [-0.3, -0.25) is 25.1 Å². The highest BCUT2D eigenvalue weighted by molar-refractivity contribution is 7.80. The second-order valence-electron chi connectivity index (χ2n) is 4.97. The van der Waals surface area contributed by atoms with Crippen LogP contribution in [0.5, 0.6) is 0 Å². The van der Waals surface area contributed by atoms with E-state index in [-0.39, 0.29) is 22.1 Å². The molecule has 2 amide bonds. The van der Waals surface area contributed by atoms with E-state index in [2.05, 4.69) is 24.6 Å². The topological polar surface area (TPSA) is 95.8 Å². The Bertz CT molecular complexity index is 656. The number of hydrogen-bond acceptors (Lipinski definition) is 6. The molecule has 1 fully saturated rings. The van der Waals surface area contributed by atoms with Crippen molar-refractivity contribution in [2.45, 2.75) is 4.90 Å². The van der Waals surface area contributed by atoms with E-state index in [9.17, 15) is 19.7 Å². The van der Waals surface area contributed by atoms with E-state index >= 15 is 0 Å². The van der Waals surface area contributed by atoms with Crippen LogP contribution in [0.1, 0.15) is 5.56 Å². The highest BCUT2D eigenvalue weighted by atomic mass is 32.1. The molecule has 1 heterocycles. The van der Waals surface area contributed by atoms with Crippen molar-refractivity contribution < 1.29 is 14.5 Å². The molecule has 23 heavy (non-hydrogen) atoms. The number of nitro benzene ring substituents is 1. The first-order chi connectivity index (χ1) is 10.9. The number of nitro groups is 1. The minimum atomic E-state index is -0.548. The zero-order valence-corrected chi connectivity index (χ0v) is 13.2. The van der Waals surface area contributed by atoms with Crippen molar-refractivity contribution in [3.05, 3.63) is 40.5 Å². The molecule has 0 spiro atoms. The molecule has 2 rings (SSSR count). The van der Waals surface area contributed by atoms with Gasteiger partial charge in [0.1, 0.15) is 0 Å². The summed E-state index contributed by atoms with van der Waals surface area (Å²) >= 11 is 4.03. The number of carbonyl (C=O) groups excluding carboxylic acids is 2. The average Bonchev–Trinajstić information content (AvgIpc) is 2.54. The normalized spacial score (nSPS) is 15.1. The standard InChI is InChI=1S/C14H16N4O4S/c1-10(11-2-3-13(23)12(8-11)18(21)22)14(20)16-4-6-17(7-5-16)15-9-19/h2-3,8-9,23H,1,4-7H2,(H,15,19). The molecule has 122 valence electrons. The van der Waals surface area contributed by atoms with Crippen LogP contribution < -0.4 is 5.43 Å². The SMILES string of the molecule is C=C(C(=O)N1CCN(NC=O)CC1)c1ccc(S)c([N+](=O)[O-])c1. The minimum absolute atomic E-state index is 0.167. The van der Waals surface area contributed by atoms with Crippen LogP contribution in [0.3, 0.4) is 0 Å². The van der Waals surface area contributed by atoms with Crippen molar-refractivity contribution in [3.63, 3.8) is 0 Å². The first kappa shape index (κ1) is 17.0. The summed E-state index contributed by atoms with van der Waals surface area (Å²) < 4.78 is 0. The molecule has 1 aliphatic heterocycles. The van der Waals surface area contributed by atoms with Gasteiger partial charge in [0.15, 0.2) is 0 Å². The van der Waals surface area contributed by atoms with Crippen LogP contribution in [-0.2, 0) is 9.59 Å². The molecule has 9 heteroatoms.